The Labute approximate surface area is 191 Å². The Morgan fingerprint density at radius 3 is 2.56 bits per heavy atom. The third kappa shape index (κ3) is 6.10. The molecule has 2 heterocycles. The summed E-state index contributed by atoms with van der Waals surface area (Å²) in [7, 11) is 1.84. The number of nitrogens with one attached hydrogen (secondary N) is 2. The van der Waals surface area contributed by atoms with Gasteiger partial charge in [-0.15, -0.1) is 0 Å². The molecule has 2 aromatic rings. The third-order valence-corrected chi connectivity index (χ3v) is 6.36. The number of ether oxygens (including phenoxy) is 1. The van der Waals surface area contributed by atoms with Crippen LogP contribution in [0.15, 0.2) is 59.6 Å². The predicted molar refractivity (Wildman–Crippen MR) is 129 cm³/mol. The van der Waals surface area contributed by atoms with Crippen LogP contribution in [0.1, 0.15) is 36.8 Å². The lowest BCUT2D eigenvalue weighted by Gasteiger charge is -2.34. The molecule has 2 fully saturated rings. The van der Waals surface area contributed by atoms with Crippen LogP contribution in [0.25, 0.3) is 0 Å². The zero-order chi connectivity index (χ0) is 22.2. The summed E-state index contributed by atoms with van der Waals surface area (Å²) in [5, 5.41) is 6.48. The zero-order valence-corrected chi connectivity index (χ0v) is 18.9. The van der Waals surface area contributed by atoms with Crippen LogP contribution in [0.4, 0.5) is 5.69 Å². The molecule has 1 atom stereocenters. The van der Waals surface area contributed by atoms with Gasteiger partial charge in [0, 0.05) is 39.0 Å². The van der Waals surface area contributed by atoms with Crippen molar-refractivity contribution >= 4 is 17.6 Å². The van der Waals surface area contributed by atoms with Crippen molar-refractivity contribution in [2.75, 3.05) is 32.1 Å². The molecule has 4 rings (SSSR count). The Hall–Kier alpha value is -2.86. The van der Waals surface area contributed by atoms with Crippen molar-refractivity contribution in [3.8, 4) is 0 Å². The molecule has 0 aliphatic carbocycles. The van der Waals surface area contributed by atoms with E-state index in [9.17, 15) is 4.79 Å². The fourth-order valence-corrected chi connectivity index (χ4v) is 4.58. The number of rotatable bonds is 6. The second-order valence-corrected chi connectivity index (χ2v) is 8.71. The zero-order valence-electron chi connectivity index (χ0n) is 18.9. The van der Waals surface area contributed by atoms with Gasteiger partial charge in [-0.3, -0.25) is 9.79 Å². The van der Waals surface area contributed by atoms with Crippen molar-refractivity contribution in [2.45, 2.75) is 44.8 Å². The first-order valence-electron chi connectivity index (χ1n) is 11.7. The number of amides is 1. The highest BCUT2D eigenvalue weighted by molar-refractivity contribution is 5.94. The molecule has 0 radical (unpaired) electrons. The van der Waals surface area contributed by atoms with E-state index >= 15 is 0 Å². The van der Waals surface area contributed by atoms with E-state index in [0.717, 1.165) is 55.5 Å². The maximum absolute atomic E-state index is 12.3. The van der Waals surface area contributed by atoms with Crippen molar-refractivity contribution in [1.29, 1.82) is 0 Å². The molecule has 0 saturated carbocycles. The molecule has 2 aliphatic rings. The first-order chi connectivity index (χ1) is 15.7. The monoisotopic (exact) mass is 434 g/mol. The van der Waals surface area contributed by atoms with Gasteiger partial charge in [-0.2, -0.15) is 0 Å². The van der Waals surface area contributed by atoms with Crippen LogP contribution in [-0.2, 0) is 22.5 Å². The summed E-state index contributed by atoms with van der Waals surface area (Å²) in [6.07, 6.45) is 4.95. The maximum Gasteiger partial charge on any atom is 0.253 e. The minimum absolute atomic E-state index is 0.0539. The number of aliphatic imine (C=N–C) groups is 1. The van der Waals surface area contributed by atoms with Crippen LogP contribution < -0.4 is 10.6 Å². The van der Waals surface area contributed by atoms with Gasteiger partial charge in [-0.05, 0) is 61.3 Å². The highest BCUT2D eigenvalue weighted by atomic mass is 16.5. The Morgan fingerprint density at radius 2 is 1.84 bits per heavy atom. The summed E-state index contributed by atoms with van der Waals surface area (Å²) >= 11 is 0. The molecule has 2 aliphatic heterocycles. The molecule has 32 heavy (non-hydrogen) atoms. The SMILES string of the molecule is CN=C(NCc1cccc(NC(=O)C2CCCO2)c1)N1CCC(Cc2ccccc2)CC1. The van der Waals surface area contributed by atoms with E-state index in [4.69, 9.17) is 4.74 Å². The summed E-state index contributed by atoms with van der Waals surface area (Å²) in [6, 6.07) is 18.7. The summed E-state index contributed by atoms with van der Waals surface area (Å²) in [4.78, 5) is 19.2. The Kier molecular flexibility index (Phi) is 7.77. The topological polar surface area (TPSA) is 66.0 Å². The number of guanidine groups is 1. The second-order valence-electron chi connectivity index (χ2n) is 8.71. The van der Waals surface area contributed by atoms with Crippen molar-refractivity contribution < 1.29 is 9.53 Å². The van der Waals surface area contributed by atoms with E-state index in [-0.39, 0.29) is 12.0 Å². The minimum atomic E-state index is -0.319. The first-order valence-corrected chi connectivity index (χ1v) is 11.7. The van der Waals surface area contributed by atoms with E-state index in [2.05, 4.69) is 56.9 Å². The van der Waals surface area contributed by atoms with Gasteiger partial charge in [0.05, 0.1) is 0 Å². The van der Waals surface area contributed by atoms with Crippen LogP contribution in [-0.4, -0.2) is 49.6 Å². The molecular weight excluding hydrogens is 400 g/mol. The van der Waals surface area contributed by atoms with E-state index in [0.29, 0.717) is 13.2 Å². The lowest BCUT2D eigenvalue weighted by molar-refractivity contribution is -0.124. The summed E-state index contributed by atoms with van der Waals surface area (Å²) in [5.74, 6) is 1.62. The van der Waals surface area contributed by atoms with E-state index in [1.165, 1.54) is 18.4 Å². The lowest BCUT2D eigenvalue weighted by atomic mass is 9.90. The van der Waals surface area contributed by atoms with Gasteiger partial charge >= 0.3 is 0 Å². The maximum atomic E-state index is 12.3. The van der Waals surface area contributed by atoms with Gasteiger partial charge in [-0.1, -0.05) is 42.5 Å². The normalized spacial score (nSPS) is 19.7. The van der Waals surface area contributed by atoms with Crippen LogP contribution in [0.5, 0.6) is 0 Å². The molecule has 0 aromatic heterocycles. The Morgan fingerprint density at radius 1 is 1.06 bits per heavy atom. The summed E-state index contributed by atoms with van der Waals surface area (Å²) in [6.45, 7) is 3.38. The fraction of sp³-hybridized carbons (Fsp3) is 0.462. The van der Waals surface area contributed by atoms with Gasteiger partial charge in [0.25, 0.3) is 5.91 Å². The number of carbonyl (C=O) groups excluding carboxylic acids is 1. The highest BCUT2D eigenvalue weighted by Crippen LogP contribution is 2.22. The average Bonchev–Trinajstić information content (AvgIpc) is 3.37. The minimum Gasteiger partial charge on any atom is -0.368 e. The molecule has 2 N–H and O–H groups in total. The summed E-state index contributed by atoms with van der Waals surface area (Å²) in [5.41, 5.74) is 3.34. The van der Waals surface area contributed by atoms with Crippen LogP contribution in [0.2, 0.25) is 0 Å². The molecule has 2 aromatic carbocycles. The molecular formula is C26H34N4O2. The van der Waals surface area contributed by atoms with Crippen molar-refractivity contribution in [1.82, 2.24) is 10.2 Å². The number of piperidine rings is 1. The number of hydrogen-bond acceptors (Lipinski definition) is 3. The smallest absolute Gasteiger partial charge is 0.253 e. The second kappa shape index (κ2) is 11.1. The van der Waals surface area contributed by atoms with Crippen LogP contribution in [0, 0.1) is 5.92 Å². The molecule has 0 spiro atoms. The van der Waals surface area contributed by atoms with E-state index in [1.54, 1.807) is 0 Å². The molecule has 6 nitrogen and oxygen atoms in total. The number of likely N-dealkylation sites (tertiary alicyclic amines) is 1. The van der Waals surface area contributed by atoms with Crippen molar-refractivity contribution in [3.63, 3.8) is 0 Å². The quantitative estimate of drug-likeness (QED) is 0.536. The molecule has 1 unspecified atom stereocenters. The van der Waals surface area contributed by atoms with Gasteiger partial charge in [0.2, 0.25) is 0 Å². The third-order valence-electron chi connectivity index (χ3n) is 6.36. The molecule has 170 valence electrons. The molecule has 0 bridgehead atoms. The predicted octanol–water partition coefficient (Wildman–Crippen LogP) is 3.83. The van der Waals surface area contributed by atoms with Gasteiger partial charge in [0.15, 0.2) is 5.96 Å². The Balaban J connectivity index is 1.25. The lowest BCUT2D eigenvalue weighted by Crippen LogP contribution is -2.45. The Bertz CT molecular complexity index is 901. The number of benzene rings is 2. The van der Waals surface area contributed by atoms with Gasteiger partial charge in [0.1, 0.15) is 6.10 Å². The molecule has 6 heteroatoms. The highest BCUT2D eigenvalue weighted by Gasteiger charge is 2.24. The largest absolute Gasteiger partial charge is 0.368 e. The first kappa shape index (κ1) is 22.3. The van der Waals surface area contributed by atoms with Gasteiger partial charge < -0.3 is 20.3 Å². The average molecular weight is 435 g/mol. The van der Waals surface area contributed by atoms with E-state index < -0.39 is 0 Å². The molecule has 2 saturated heterocycles. The number of carbonyl (C=O) groups is 1. The standard InChI is InChI=1S/C26H34N4O2/c1-27-26(30-14-12-21(13-15-30)17-20-7-3-2-4-8-20)28-19-22-9-5-10-23(18-22)29-25(31)24-11-6-16-32-24/h2-5,7-10,18,21,24H,6,11-17,19H2,1H3,(H,27,28)(H,29,31). The fourth-order valence-electron chi connectivity index (χ4n) is 4.58. The van der Waals surface area contributed by atoms with E-state index in [1.807, 2.05) is 25.2 Å². The van der Waals surface area contributed by atoms with Crippen LogP contribution >= 0.6 is 0 Å². The van der Waals surface area contributed by atoms with Crippen molar-refractivity contribution in [3.05, 3.63) is 65.7 Å². The van der Waals surface area contributed by atoms with Gasteiger partial charge in [-0.25, -0.2) is 0 Å². The van der Waals surface area contributed by atoms with Crippen molar-refractivity contribution in [2.24, 2.45) is 10.9 Å². The number of hydrogen-bond donors (Lipinski definition) is 2. The van der Waals surface area contributed by atoms with Crippen LogP contribution in [0.3, 0.4) is 0 Å². The molecule has 1 amide bonds. The summed E-state index contributed by atoms with van der Waals surface area (Å²) < 4.78 is 5.47. The number of nitrogens with zero attached hydrogens (tertiary/aromatic N) is 2. The number of anilines is 1.